The van der Waals surface area contributed by atoms with E-state index in [4.69, 9.17) is 0 Å². The number of thioether (sulfide) groups is 1. The maximum absolute atomic E-state index is 13.7. The summed E-state index contributed by atoms with van der Waals surface area (Å²) in [6.07, 6.45) is 4.42. The Morgan fingerprint density at radius 2 is 1.81 bits per heavy atom. The number of benzene rings is 3. The van der Waals surface area contributed by atoms with Crippen molar-refractivity contribution < 1.29 is 9.59 Å². The Kier molecular flexibility index (Phi) is 7.54. The van der Waals surface area contributed by atoms with Crippen molar-refractivity contribution in [2.24, 2.45) is 0 Å². The molecule has 0 unspecified atom stereocenters. The van der Waals surface area contributed by atoms with Crippen molar-refractivity contribution in [1.82, 2.24) is 10.2 Å². The number of nitrogens with one attached hydrogen (secondary N) is 1. The first kappa shape index (κ1) is 24.3. The van der Waals surface area contributed by atoms with Gasteiger partial charge >= 0.3 is 0 Å². The number of nitrogens with zero attached hydrogens (tertiary/aromatic N) is 2. The van der Waals surface area contributed by atoms with Crippen LogP contribution in [0.25, 0.3) is 6.08 Å². The smallest absolute Gasteiger partial charge is 0.265 e. The van der Waals surface area contributed by atoms with Gasteiger partial charge in [-0.1, -0.05) is 71.9 Å². The van der Waals surface area contributed by atoms with Crippen molar-refractivity contribution in [3.8, 4) is 0 Å². The SMILES string of the molecule is Cc1cccc(CN2C(=O)/C(=C/c3ccccc3)Sc3ccc(C(=O)NCCN4CCCC4)cc32)c1. The van der Waals surface area contributed by atoms with Crippen molar-refractivity contribution in [1.29, 1.82) is 0 Å². The molecule has 0 radical (unpaired) electrons. The summed E-state index contributed by atoms with van der Waals surface area (Å²) in [7, 11) is 0. The van der Waals surface area contributed by atoms with Crippen LogP contribution in [0.15, 0.2) is 82.6 Å². The Balaban J connectivity index is 1.42. The summed E-state index contributed by atoms with van der Waals surface area (Å²) in [6, 6.07) is 23.8. The third kappa shape index (κ3) is 5.72. The lowest BCUT2D eigenvalue weighted by Crippen LogP contribution is -2.35. The van der Waals surface area contributed by atoms with E-state index in [9.17, 15) is 9.59 Å². The van der Waals surface area contributed by atoms with Gasteiger partial charge in [0.25, 0.3) is 11.8 Å². The molecule has 0 atom stereocenters. The Morgan fingerprint density at radius 3 is 2.58 bits per heavy atom. The third-order valence-electron chi connectivity index (χ3n) is 6.62. The van der Waals surface area contributed by atoms with Gasteiger partial charge in [0, 0.05) is 23.5 Å². The van der Waals surface area contributed by atoms with Crippen LogP contribution in [0.2, 0.25) is 0 Å². The zero-order valence-electron chi connectivity index (χ0n) is 20.6. The summed E-state index contributed by atoms with van der Waals surface area (Å²) < 4.78 is 0. The molecule has 3 aromatic rings. The summed E-state index contributed by atoms with van der Waals surface area (Å²) in [4.78, 5) is 32.5. The average molecular weight is 498 g/mol. The van der Waals surface area contributed by atoms with Crippen LogP contribution in [-0.4, -0.2) is 42.9 Å². The highest BCUT2D eigenvalue weighted by Crippen LogP contribution is 2.43. The molecule has 0 spiro atoms. The number of amides is 2. The van der Waals surface area contributed by atoms with Crippen LogP contribution in [-0.2, 0) is 11.3 Å². The topological polar surface area (TPSA) is 52.7 Å². The Hall–Kier alpha value is -3.35. The lowest BCUT2D eigenvalue weighted by atomic mass is 10.1. The molecule has 0 bridgehead atoms. The fourth-order valence-corrected chi connectivity index (χ4v) is 5.78. The molecule has 2 amide bonds. The maximum Gasteiger partial charge on any atom is 0.265 e. The van der Waals surface area contributed by atoms with Crippen LogP contribution in [0, 0.1) is 6.92 Å². The Labute approximate surface area is 217 Å². The number of carbonyl (C=O) groups is 2. The summed E-state index contributed by atoms with van der Waals surface area (Å²) in [5, 5.41) is 3.06. The van der Waals surface area contributed by atoms with E-state index in [0.29, 0.717) is 23.6 Å². The standard InChI is InChI=1S/C30H31N3O2S/c1-22-8-7-11-24(18-22)21-33-26-20-25(29(34)31-14-17-32-15-5-6-16-32)12-13-27(26)36-28(30(33)35)19-23-9-3-2-4-10-23/h2-4,7-13,18-20H,5-6,14-17,21H2,1H3,(H,31,34)/b28-19-. The highest BCUT2D eigenvalue weighted by molar-refractivity contribution is 8.04. The van der Waals surface area contributed by atoms with E-state index in [1.54, 1.807) is 4.90 Å². The van der Waals surface area contributed by atoms with Gasteiger partial charge < -0.3 is 15.1 Å². The normalized spacial score (nSPS) is 16.9. The highest BCUT2D eigenvalue weighted by Gasteiger charge is 2.30. The summed E-state index contributed by atoms with van der Waals surface area (Å²) >= 11 is 1.46. The molecule has 184 valence electrons. The van der Waals surface area contributed by atoms with Crippen molar-refractivity contribution in [2.75, 3.05) is 31.1 Å². The second kappa shape index (κ2) is 11.1. The minimum Gasteiger partial charge on any atom is -0.351 e. The molecular formula is C30H31N3O2S. The molecule has 2 heterocycles. The molecule has 0 saturated carbocycles. The first-order valence-corrected chi connectivity index (χ1v) is 13.3. The molecule has 3 aromatic carbocycles. The number of fused-ring (bicyclic) bond motifs is 1. The molecule has 36 heavy (non-hydrogen) atoms. The van der Waals surface area contributed by atoms with Crippen molar-refractivity contribution in [3.63, 3.8) is 0 Å². The van der Waals surface area contributed by atoms with E-state index in [1.165, 1.54) is 24.6 Å². The summed E-state index contributed by atoms with van der Waals surface area (Å²) in [5.41, 5.74) is 4.55. The lowest BCUT2D eigenvalue weighted by Gasteiger charge is -2.31. The minimum absolute atomic E-state index is 0.0514. The number of hydrogen-bond donors (Lipinski definition) is 1. The van der Waals surface area contributed by atoms with Gasteiger partial charge in [0.2, 0.25) is 0 Å². The highest BCUT2D eigenvalue weighted by atomic mass is 32.2. The quantitative estimate of drug-likeness (QED) is 0.438. The Morgan fingerprint density at radius 1 is 1.00 bits per heavy atom. The van der Waals surface area contributed by atoms with Crippen LogP contribution in [0.4, 0.5) is 5.69 Å². The number of aryl methyl sites for hydroxylation is 1. The zero-order chi connectivity index (χ0) is 24.9. The zero-order valence-corrected chi connectivity index (χ0v) is 21.4. The monoisotopic (exact) mass is 497 g/mol. The van der Waals surface area contributed by atoms with Crippen molar-refractivity contribution in [3.05, 3.63) is 100.0 Å². The van der Waals surface area contributed by atoms with Crippen LogP contribution in [0.5, 0.6) is 0 Å². The third-order valence-corrected chi connectivity index (χ3v) is 7.70. The van der Waals surface area contributed by atoms with Crippen LogP contribution in [0.1, 0.15) is 39.9 Å². The first-order chi connectivity index (χ1) is 17.6. The van der Waals surface area contributed by atoms with Crippen LogP contribution >= 0.6 is 11.8 Å². The molecule has 1 N–H and O–H groups in total. The van der Waals surface area contributed by atoms with E-state index in [-0.39, 0.29) is 11.8 Å². The van der Waals surface area contributed by atoms with E-state index < -0.39 is 0 Å². The molecule has 2 aliphatic rings. The fraction of sp³-hybridized carbons (Fsp3) is 0.267. The fourth-order valence-electron chi connectivity index (χ4n) is 4.74. The number of carbonyl (C=O) groups excluding carboxylic acids is 2. The molecule has 1 saturated heterocycles. The molecular weight excluding hydrogens is 466 g/mol. The second-order valence-electron chi connectivity index (χ2n) is 9.39. The van der Waals surface area contributed by atoms with Gasteiger partial charge in [-0.2, -0.15) is 0 Å². The minimum atomic E-state index is -0.101. The number of anilines is 1. The summed E-state index contributed by atoms with van der Waals surface area (Å²) in [5.74, 6) is -0.153. The molecule has 5 nitrogen and oxygen atoms in total. The molecule has 0 aliphatic carbocycles. The van der Waals surface area contributed by atoms with E-state index in [0.717, 1.165) is 46.9 Å². The molecule has 1 fully saturated rings. The van der Waals surface area contributed by atoms with Gasteiger partial charge in [0.15, 0.2) is 0 Å². The van der Waals surface area contributed by atoms with Crippen molar-refractivity contribution in [2.45, 2.75) is 31.2 Å². The number of hydrogen-bond acceptors (Lipinski definition) is 4. The van der Waals surface area contributed by atoms with Gasteiger partial charge in [-0.3, -0.25) is 9.59 Å². The predicted molar refractivity (Wildman–Crippen MR) is 147 cm³/mol. The van der Waals surface area contributed by atoms with Gasteiger partial charge in [0.05, 0.1) is 17.1 Å². The number of likely N-dealkylation sites (tertiary alicyclic amines) is 1. The van der Waals surface area contributed by atoms with Gasteiger partial charge in [-0.05, 0) is 68.3 Å². The molecule has 0 aromatic heterocycles. The Bertz CT molecular complexity index is 1280. The maximum atomic E-state index is 13.7. The molecule has 2 aliphatic heterocycles. The van der Waals surface area contributed by atoms with Gasteiger partial charge in [0.1, 0.15) is 0 Å². The van der Waals surface area contributed by atoms with Crippen molar-refractivity contribution >= 4 is 35.3 Å². The van der Waals surface area contributed by atoms with Gasteiger partial charge in [-0.15, -0.1) is 0 Å². The lowest BCUT2D eigenvalue weighted by molar-refractivity contribution is -0.114. The molecule has 6 heteroatoms. The predicted octanol–water partition coefficient (Wildman–Crippen LogP) is 5.50. The van der Waals surface area contributed by atoms with E-state index in [1.807, 2.05) is 66.7 Å². The average Bonchev–Trinajstić information content (AvgIpc) is 3.40. The first-order valence-electron chi connectivity index (χ1n) is 12.5. The molecule has 5 rings (SSSR count). The van der Waals surface area contributed by atoms with E-state index >= 15 is 0 Å². The van der Waals surface area contributed by atoms with Gasteiger partial charge in [-0.25, -0.2) is 0 Å². The summed E-state index contributed by atoms with van der Waals surface area (Å²) in [6.45, 7) is 6.22. The largest absolute Gasteiger partial charge is 0.351 e. The van der Waals surface area contributed by atoms with E-state index in [2.05, 4.69) is 29.3 Å². The number of rotatable bonds is 7. The second-order valence-corrected chi connectivity index (χ2v) is 10.5. The van der Waals surface area contributed by atoms with Crippen LogP contribution < -0.4 is 10.2 Å². The van der Waals surface area contributed by atoms with Crippen LogP contribution in [0.3, 0.4) is 0 Å².